The van der Waals surface area contributed by atoms with Crippen molar-refractivity contribution in [2.75, 3.05) is 9.80 Å². The van der Waals surface area contributed by atoms with Gasteiger partial charge in [-0.25, -0.2) is 0 Å². The monoisotopic (exact) mass is 712 g/mol. The maximum absolute atomic E-state index is 2.42. The fraction of sp³-hybridized carbons (Fsp3) is 0.130. The molecule has 0 atom stereocenters. The van der Waals surface area contributed by atoms with E-state index in [1.807, 2.05) is 11.8 Å². The van der Waals surface area contributed by atoms with Gasteiger partial charge in [-0.3, -0.25) is 0 Å². The smallest absolute Gasteiger partial charge is 0.0775 e. The molecule has 0 aromatic heterocycles. The highest BCUT2D eigenvalue weighted by molar-refractivity contribution is 7.99. The minimum absolute atomic E-state index is 0.683. The van der Waals surface area contributed by atoms with Crippen LogP contribution >= 0.6 is 11.8 Å². The van der Waals surface area contributed by atoms with Crippen molar-refractivity contribution in [3.63, 3.8) is 0 Å². The molecule has 7 aromatic carbocycles. The van der Waals surface area contributed by atoms with Gasteiger partial charge in [0, 0.05) is 57.8 Å². The average Bonchev–Trinajstić information content (AvgIpc) is 3.14. The first-order valence-corrected chi connectivity index (χ1v) is 25.5. The summed E-state index contributed by atoms with van der Waals surface area (Å²) < 4.78 is 0. The zero-order valence-electron chi connectivity index (χ0n) is 30.1. The summed E-state index contributed by atoms with van der Waals surface area (Å²) in [5.41, 5.74) is 11.1. The van der Waals surface area contributed by atoms with E-state index in [2.05, 4.69) is 200 Å². The molecule has 0 bridgehead atoms. The van der Waals surface area contributed by atoms with Gasteiger partial charge in [-0.2, -0.15) is 0 Å². The highest BCUT2D eigenvalue weighted by Gasteiger charge is 2.25. The summed E-state index contributed by atoms with van der Waals surface area (Å²) in [6, 6.07) is 59.8. The van der Waals surface area contributed by atoms with Gasteiger partial charge in [-0.1, -0.05) is 140 Å². The molecule has 0 spiro atoms. The van der Waals surface area contributed by atoms with Crippen LogP contribution in [0.1, 0.15) is 5.56 Å². The van der Waals surface area contributed by atoms with Crippen LogP contribution in [0.4, 0.5) is 34.1 Å². The first-order chi connectivity index (χ1) is 24.7. The molecule has 0 fully saturated rings. The summed E-state index contributed by atoms with van der Waals surface area (Å²) in [5.74, 6) is 0. The van der Waals surface area contributed by atoms with E-state index in [1.165, 1.54) is 71.2 Å². The van der Waals surface area contributed by atoms with E-state index in [-0.39, 0.29) is 0 Å². The fourth-order valence-electron chi connectivity index (χ4n) is 7.33. The van der Waals surface area contributed by atoms with E-state index < -0.39 is 16.9 Å². The summed E-state index contributed by atoms with van der Waals surface area (Å²) in [4.78, 5) is 7.39. The molecule has 0 saturated heterocycles. The lowest BCUT2D eigenvalue weighted by molar-refractivity contribution is 1.24. The molecule has 0 unspecified atom stereocenters. The number of fused-ring (bicyclic) bond motifs is 2. The Morgan fingerprint density at radius 3 is 1.73 bits per heavy atom. The second-order valence-corrected chi connectivity index (χ2v) is 24.4. The van der Waals surface area contributed by atoms with Gasteiger partial charge in [0.2, 0.25) is 0 Å². The molecule has 1 aliphatic rings. The second kappa shape index (κ2) is 13.7. The lowest BCUT2D eigenvalue weighted by Crippen LogP contribution is -2.37. The number of anilines is 6. The van der Waals surface area contributed by atoms with Gasteiger partial charge in [-0.15, -0.1) is 0 Å². The molecule has 8 rings (SSSR count). The Kier molecular flexibility index (Phi) is 8.97. The summed E-state index contributed by atoms with van der Waals surface area (Å²) in [5, 5.41) is 4.06. The lowest BCUT2D eigenvalue weighted by Gasteiger charge is -2.30. The van der Waals surface area contributed by atoms with Crippen LogP contribution in [0.3, 0.4) is 0 Å². The standard InChI is InChI=1S/C46H44N2SSi2/c1-50(2)32-33-19-21-36(22-20-33)47(34-13-8-6-9-14-34)38-25-28-40-41-29-30-43(42-17-12-18-44(46(41)42)49-45(40)31-38)48(35-15-10-7-11-16-35)37-23-26-39(27-24-37)51(3,4)5/h6-31,50H,32H2,1-5H3. The molecule has 0 saturated carbocycles. The largest absolute Gasteiger partial charge is 0.310 e. The maximum Gasteiger partial charge on any atom is 0.0775 e. The Morgan fingerprint density at radius 2 is 1.08 bits per heavy atom. The predicted molar refractivity (Wildman–Crippen MR) is 228 cm³/mol. The zero-order chi connectivity index (χ0) is 35.1. The fourth-order valence-corrected chi connectivity index (χ4v) is 10.9. The van der Waals surface area contributed by atoms with E-state index in [0.717, 1.165) is 11.4 Å². The summed E-state index contributed by atoms with van der Waals surface area (Å²) in [7, 11) is -2.10. The van der Waals surface area contributed by atoms with Gasteiger partial charge in [0.1, 0.15) is 0 Å². The molecule has 1 heterocycles. The first-order valence-electron chi connectivity index (χ1n) is 18.0. The number of hydrogen-bond acceptors (Lipinski definition) is 3. The minimum atomic E-state index is -1.42. The number of para-hydroxylation sites is 2. The van der Waals surface area contributed by atoms with Gasteiger partial charge in [-0.05, 0) is 90.0 Å². The van der Waals surface area contributed by atoms with Crippen LogP contribution in [0.2, 0.25) is 32.7 Å². The van der Waals surface area contributed by atoms with Crippen LogP contribution in [0.15, 0.2) is 168 Å². The molecular weight excluding hydrogens is 669 g/mol. The molecule has 0 aliphatic carbocycles. The number of nitrogens with zero attached hydrogens (tertiary/aromatic N) is 2. The molecule has 2 nitrogen and oxygen atoms in total. The zero-order valence-corrected chi connectivity index (χ0v) is 33.1. The molecule has 0 N–H and O–H groups in total. The molecule has 252 valence electrons. The van der Waals surface area contributed by atoms with E-state index in [9.17, 15) is 0 Å². The highest BCUT2D eigenvalue weighted by Crippen LogP contribution is 2.52. The Morgan fingerprint density at radius 1 is 0.510 bits per heavy atom. The molecule has 7 aromatic rings. The van der Waals surface area contributed by atoms with Gasteiger partial charge in [0.05, 0.1) is 13.8 Å². The molecule has 0 radical (unpaired) electrons. The van der Waals surface area contributed by atoms with Crippen molar-refractivity contribution >= 4 is 78.7 Å². The van der Waals surface area contributed by atoms with Crippen molar-refractivity contribution in [2.24, 2.45) is 0 Å². The van der Waals surface area contributed by atoms with E-state index in [4.69, 9.17) is 0 Å². The predicted octanol–water partition coefficient (Wildman–Crippen LogP) is 13.0. The molecule has 1 aliphatic heterocycles. The Hall–Kier alpha value is -4.82. The van der Waals surface area contributed by atoms with Gasteiger partial charge < -0.3 is 9.80 Å². The number of rotatable bonds is 9. The highest BCUT2D eigenvalue weighted by atomic mass is 32.2. The Balaban J connectivity index is 1.23. The van der Waals surface area contributed by atoms with Crippen LogP contribution in [-0.4, -0.2) is 16.9 Å². The quantitative estimate of drug-likeness (QED) is 0.138. The Labute approximate surface area is 310 Å². The normalized spacial score (nSPS) is 12.2. The van der Waals surface area contributed by atoms with Crippen molar-refractivity contribution < 1.29 is 0 Å². The van der Waals surface area contributed by atoms with Gasteiger partial charge in [0.15, 0.2) is 0 Å². The summed E-state index contributed by atoms with van der Waals surface area (Å²) in [6.45, 7) is 12.1. The van der Waals surface area contributed by atoms with Crippen molar-refractivity contribution in [3.8, 4) is 11.1 Å². The molecule has 5 heteroatoms. The molecule has 0 amide bonds. The summed E-state index contributed by atoms with van der Waals surface area (Å²) >= 11 is 1.89. The van der Waals surface area contributed by atoms with Crippen molar-refractivity contribution in [1.29, 1.82) is 0 Å². The average molecular weight is 713 g/mol. The summed E-state index contributed by atoms with van der Waals surface area (Å²) in [6.07, 6.45) is 0. The van der Waals surface area contributed by atoms with Crippen LogP contribution in [-0.2, 0) is 6.04 Å². The van der Waals surface area contributed by atoms with Crippen LogP contribution < -0.4 is 15.0 Å². The van der Waals surface area contributed by atoms with E-state index in [0.29, 0.717) is 0 Å². The third-order valence-corrected chi connectivity index (χ3v) is 14.3. The number of benzene rings is 7. The minimum Gasteiger partial charge on any atom is -0.310 e. The topological polar surface area (TPSA) is 6.48 Å². The molecular formula is C46H44N2SSi2. The van der Waals surface area contributed by atoms with Crippen molar-refractivity contribution in [2.45, 2.75) is 48.6 Å². The Bertz CT molecular complexity index is 2310. The van der Waals surface area contributed by atoms with E-state index >= 15 is 0 Å². The van der Waals surface area contributed by atoms with Crippen LogP contribution in [0, 0.1) is 0 Å². The van der Waals surface area contributed by atoms with Crippen molar-refractivity contribution in [1.82, 2.24) is 0 Å². The second-order valence-electron chi connectivity index (χ2n) is 15.0. The van der Waals surface area contributed by atoms with Crippen molar-refractivity contribution in [3.05, 3.63) is 163 Å². The maximum atomic E-state index is 2.42. The van der Waals surface area contributed by atoms with Crippen LogP contribution in [0.5, 0.6) is 0 Å². The SMILES string of the molecule is C[SiH](C)Cc1ccc(N(c2ccccc2)c2ccc3c(c2)Sc2cccc4c(N(c5ccccc5)c5ccc([Si](C)(C)C)cc5)ccc-3c24)cc1. The first kappa shape index (κ1) is 33.3. The lowest BCUT2D eigenvalue weighted by atomic mass is 9.95. The van der Waals surface area contributed by atoms with Crippen LogP contribution in [0.25, 0.3) is 21.9 Å². The third-order valence-electron chi connectivity index (χ3n) is 9.81. The molecule has 51 heavy (non-hydrogen) atoms. The van der Waals surface area contributed by atoms with Gasteiger partial charge in [0.25, 0.3) is 0 Å². The van der Waals surface area contributed by atoms with E-state index in [1.54, 1.807) is 0 Å². The third kappa shape index (κ3) is 6.58. The van der Waals surface area contributed by atoms with Gasteiger partial charge >= 0.3 is 0 Å². The number of hydrogen-bond donors (Lipinski definition) is 0.